The largest absolute Gasteiger partial charge is 0.346 e. The minimum atomic E-state index is -0.196. The van der Waals surface area contributed by atoms with E-state index in [9.17, 15) is 9.59 Å². The molecule has 0 fully saturated rings. The van der Waals surface area contributed by atoms with Crippen LogP contribution in [-0.4, -0.2) is 61.7 Å². The van der Waals surface area contributed by atoms with Gasteiger partial charge in [-0.2, -0.15) is 5.10 Å². The first-order valence-corrected chi connectivity index (χ1v) is 8.32. The highest BCUT2D eigenvalue weighted by Crippen LogP contribution is 2.15. The summed E-state index contributed by atoms with van der Waals surface area (Å²) >= 11 is 1.08. The molecule has 0 atom stereocenters. The van der Waals surface area contributed by atoms with Crippen molar-refractivity contribution in [3.8, 4) is 0 Å². The second-order valence-corrected chi connectivity index (χ2v) is 6.57. The number of nitrogens with zero attached hydrogens (tertiary/aromatic N) is 6. The van der Waals surface area contributed by atoms with Gasteiger partial charge >= 0.3 is 6.03 Å². The molecule has 3 rings (SSSR count). The van der Waals surface area contributed by atoms with Crippen LogP contribution in [0.1, 0.15) is 26.8 Å². The number of urea groups is 1. The summed E-state index contributed by atoms with van der Waals surface area (Å²) in [5.41, 5.74) is 2.36. The van der Waals surface area contributed by atoms with Gasteiger partial charge in [0.1, 0.15) is 4.88 Å². The molecule has 1 aliphatic rings. The second kappa shape index (κ2) is 6.56. The van der Waals surface area contributed by atoms with Crippen molar-refractivity contribution >= 4 is 23.5 Å². The lowest BCUT2D eigenvalue weighted by molar-refractivity contribution is 0.0953. The number of carbonyl (C=O) groups is 2. The number of aryl methyl sites for hydroxylation is 1. The number of aromatic nitrogens is 4. The van der Waals surface area contributed by atoms with E-state index in [0.29, 0.717) is 36.8 Å². The number of amides is 3. The van der Waals surface area contributed by atoms with Gasteiger partial charge in [-0.15, -0.1) is 5.10 Å². The lowest BCUT2D eigenvalue weighted by Gasteiger charge is -2.29. The topological polar surface area (TPSA) is 96.2 Å². The summed E-state index contributed by atoms with van der Waals surface area (Å²) in [6.07, 6.45) is 0. The monoisotopic (exact) mass is 349 g/mol. The van der Waals surface area contributed by atoms with Crippen molar-refractivity contribution in [2.45, 2.75) is 26.6 Å². The molecule has 1 aliphatic heterocycles. The molecule has 0 saturated heterocycles. The van der Waals surface area contributed by atoms with Crippen molar-refractivity contribution in [1.29, 1.82) is 0 Å². The zero-order valence-corrected chi connectivity index (χ0v) is 14.6. The van der Waals surface area contributed by atoms with E-state index in [1.807, 2.05) is 10.7 Å². The van der Waals surface area contributed by atoms with Crippen LogP contribution in [0.15, 0.2) is 6.07 Å². The first-order valence-electron chi connectivity index (χ1n) is 7.54. The second-order valence-electron chi connectivity index (χ2n) is 5.82. The average molecular weight is 349 g/mol. The molecule has 2 aromatic heterocycles. The Kier molecular flexibility index (Phi) is 4.47. The van der Waals surface area contributed by atoms with E-state index in [4.69, 9.17) is 0 Å². The van der Waals surface area contributed by atoms with Crippen LogP contribution < -0.4 is 5.32 Å². The molecule has 10 heteroatoms. The van der Waals surface area contributed by atoms with E-state index in [1.165, 1.54) is 0 Å². The minimum Gasteiger partial charge on any atom is -0.346 e. The highest BCUT2D eigenvalue weighted by atomic mass is 32.1. The lowest BCUT2D eigenvalue weighted by atomic mass is 10.3. The number of fused-ring (bicyclic) bond motifs is 1. The SMILES string of the molecule is Cc1nnsc1C(=O)NCc1cc2n(n1)CCN(C(=O)N(C)C)C2. The summed E-state index contributed by atoms with van der Waals surface area (Å²) in [6.45, 7) is 3.89. The number of rotatable bonds is 3. The van der Waals surface area contributed by atoms with Crippen molar-refractivity contribution in [1.82, 2.24) is 34.5 Å². The normalized spacial score (nSPS) is 13.5. The van der Waals surface area contributed by atoms with E-state index >= 15 is 0 Å². The maximum atomic E-state index is 12.1. The first kappa shape index (κ1) is 16.4. The van der Waals surface area contributed by atoms with Crippen LogP contribution in [0.2, 0.25) is 0 Å². The van der Waals surface area contributed by atoms with Crippen molar-refractivity contribution in [2.75, 3.05) is 20.6 Å². The minimum absolute atomic E-state index is 0.00882. The molecule has 0 bridgehead atoms. The van der Waals surface area contributed by atoms with Gasteiger partial charge in [0.25, 0.3) is 5.91 Å². The zero-order valence-electron chi connectivity index (χ0n) is 13.8. The molecule has 3 amide bonds. The van der Waals surface area contributed by atoms with Crippen molar-refractivity contribution in [2.24, 2.45) is 0 Å². The maximum absolute atomic E-state index is 12.1. The van der Waals surface area contributed by atoms with E-state index in [2.05, 4.69) is 20.0 Å². The molecule has 0 unspecified atom stereocenters. The predicted octanol–water partition coefficient (Wildman–Crippen LogP) is 0.470. The fourth-order valence-corrected chi connectivity index (χ4v) is 3.12. The van der Waals surface area contributed by atoms with Gasteiger partial charge in [-0.3, -0.25) is 9.48 Å². The van der Waals surface area contributed by atoms with Crippen LogP contribution in [0.25, 0.3) is 0 Å². The van der Waals surface area contributed by atoms with Gasteiger partial charge in [0, 0.05) is 20.6 Å². The molecule has 9 nitrogen and oxygen atoms in total. The number of carbonyl (C=O) groups excluding carboxylic acids is 2. The third kappa shape index (κ3) is 3.23. The number of nitrogens with one attached hydrogen (secondary N) is 1. The van der Waals surface area contributed by atoms with E-state index in [-0.39, 0.29) is 11.9 Å². The predicted molar refractivity (Wildman–Crippen MR) is 87.5 cm³/mol. The standard InChI is InChI=1S/C14H19N7O2S/c1-9-12(24-18-16-9)13(22)15-7-10-6-11-8-20(14(23)19(2)3)4-5-21(11)17-10/h6H,4-5,7-8H2,1-3H3,(H,15,22). The molecule has 128 valence electrons. The molecule has 0 radical (unpaired) electrons. The smallest absolute Gasteiger partial charge is 0.319 e. The molecule has 2 aromatic rings. The number of hydrogen-bond acceptors (Lipinski definition) is 6. The molecular weight excluding hydrogens is 330 g/mol. The Labute approximate surface area is 143 Å². The highest BCUT2D eigenvalue weighted by Gasteiger charge is 2.23. The van der Waals surface area contributed by atoms with E-state index in [1.54, 1.807) is 30.8 Å². The first-order chi connectivity index (χ1) is 11.5. The Morgan fingerprint density at radius 1 is 1.38 bits per heavy atom. The summed E-state index contributed by atoms with van der Waals surface area (Å²) in [6, 6.07) is 1.91. The third-order valence-electron chi connectivity index (χ3n) is 3.79. The summed E-state index contributed by atoms with van der Waals surface area (Å²) < 4.78 is 5.65. The van der Waals surface area contributed by atoms with Gasteiger partial charge in [-0.1, -0.05) is 4.49 Å². The zero-order chi connectivity index (χ0) is 17.3. The van der Waals surface area contributed by atoms with Crippen LogP contribution in [0.5, 0.6) is 0 Å². The summed E-state index contributed by atoms with van der Waals surface area (Å²) in [7, 11) is 3.48. The average Bonchev–Trinajstić information content (AvgIpc) is 3.16. The molecular formula is C14H19N7O2S. The fraction of sp³-hybridized carbons (Fsp3) is 0.500. The molecule has 3 heterocycles. The fourth-order valence-electron chi connectivity index (χ4n) is 2.55. The van der Waals surface area contributed by atoms with Gasteiger partial charge < -0.3 is 15.1 Å². The third-order valence-corrected chi connectivity index (χ3v) is 4.62. The molecule has 0 aromatic carbocycles. The summed E-state index contributed by atoms with van der Waals surface area (Å²) in [5, 5.41) is 11.1. The van der Waals surface area contributed by atoms with Crippen molar-refractivity contribution in [3.63, 3.8) is 0 Å². The van der Waals surface area contributed by atoms with Crippen LogP contribution in [0, 0.1) is 6.92 Å². The Morgan fingerprint density at radius 3 is 2.83 bits per heavy atom. The maximum Gasteiger partial charge on any atom is 0.319 e. The van der Waals surface area contributed by atoms with Crippen LogP contribution in [-0.2, 0) is 19.6 Å². The molecule has 24 heavy (non-hydrogen) atoms. The van der Waals surface area contributed by atoms with Gasteiger partial charge in [0.05, 0.1) is 36.7 Å². The van der Waals surface area contributed by atoms with Gasteiger partial charge in [-0.25, -0.2) is 4.79 Å². The lowest BCUT2D eigenvalue weighted by Crippen LogP contribution is -2.43. The Morgan fingerprint density at radius 2 is 2.17 bits per heavy atom. The molecule has 0 spiro atoms. The Hall–Kier alpha value is -2.49. The summed E-state index contributed by atoms with van der Waals surface area (Å²) in [5.74, 6) is -0.196. The van der Waals surface area contributed by atoms with Gasteiger partial charge in [0.15, 0.2) is 0 Å². The van der Waals surface area contributed by atoms with Gasteiger partial charge in [-0.05, 0) is 24.5 Å². The van der Waals surface area contributed by atoms with Crippen molar-refractivity contribution < 1.29 is 9.59 Å². The Balaban J connectivity index is 1.63. The number of hydrogen-bond donors (Lipinski definition) is 1. The van der Waals surface area contributed by atoms with E-state index < -0.39 is 0 Å². The van der Waals surface area contributed by atoms with Crippen LogP contribution in [0.3, 0.4) is 0 Å². The summed E-state index contributed by atoms with van der Waals surface area (Å²) in [4.78, 5) is 28.0. The van der Waals surface area contributed by atoms with Gasteiger partial charge in [0.2, 0.25) is 0 Å². The van der Waals surface area contributed by atoms with Crippen LogP contribution >= 0.6 is 11.5 Å². The quantitative estimate of drug-likeness (QED) is 0.869. The molecule has 1 N–H and O–H groups in total. The Bertz CT molecular complexity index is 767. The highest BCUT2D eigenvalue weighted by molar-refractivity contribution is 7.07. The van der Waals surface area contributed by atoms with Crippen LogP contribution in [0.4, 0.5) is 4.79 Å². The molecule has 0 saturated carbocycles. The molecule has 0 aliphatic carbocycles. The van der Waals surface area contributed by atoms with E-state index in [0.717, 1.165) is 22.9 Å². The van der Waals surface area contributed by atoms with Crippen molar-refractivity contribution in [3.05, 3.63) is 28.0 Å².